The second-order valence-corrected chi connectivity index (χ2v) is 6.42. The Bertz CT molecular complexity index is 755. The molecule has 1 N–H and O–H groups in total. The van der Waals surface area contributed by atoms with Crippen LogP contribution in [0.4, 0.5) is 0 Å². The van der Waals surface area contributed by atoms with Crippen LogP contribution in [-0.4, -0.2) is 50.1 Å². The molecule has 0 aliphatic carbocycles. The zero-order valence-corrected chi connectivity index (χ0v) is 15.4. The minimum absolute atomic E-state index is 0.164. The number of aromatic hydroxyl groups is 1. The first-order valence-corrected chi connectivity index (χ1v) is 8.96. The van der Waals surface area contributed by atoms with Crippen molar-refractivity contribution in [3.05, 3.63) is 53.6 Å². The minimum atomic E-state index is 0.164. The molecule has 26 heavy (non-hydrogen) atoms. The zero-order valence-electron chi connectivity index (χ0n) is 15.4. The van der Waals surface area contributed by atoms with Crippen molar-refractivity contribution in [1.82, 2.24) is 4.90 Å². The van der Waals surface area contributed by atoms with Crippen LogP contribution in [0.2, 0.25) is 0 Å². The van der Waals surface area contributed by atoms with Gasteiger partial charge in [0.05, 0.1) is 26.8 Å². The van der Waals surface area contributed by atoms with Gasteiger partial charge in [-0.25, -0.2) is 0 Å². The number of likely N-dealkylation sites (tertiary alicyclic amines) is 1. The predicted octanol–water partition coefficient (Wildman–Crippen LogP) is 3.67. The largest absolute Gasteiger partial charge is 0.507 e. The first kappa shape index (κ1) is 18.3. The highest BCUT2D eigenvalue weighted by Crippen LogP contribution is 2.32. The number of aliphatic imine (C=N–C) groups is 1. The van der Waals surface area contributed by atoms with E-state index in [1.165, 1.54) is 12.8 Å². The van der Waals surface area contributed by atoms with Crippen molar-refractivity contribution < 1.29 is 14.6 Å². The topological polar surface area (TPSA) is 54.3 Å². The van der Waals surface area contributed by atoms with Crippen LogP contribution in [0.5, 0.6) is 17.2 Å². The Labute approximate surface area is 154 Å². The Kier molecular flexibility index (Phi) is 6.12. The normalized spacial score (nSPS) is 16.1. The fraction of sp³-hybridized carbons (Fsp3) is 0.381. The second kappa shape index (κ2) is 8.72. The third-order valence-electron chi connectivity index (χ3n) is 4.82. The smallest absolute Gasteiger partial charge is 0.124 e. The van der Waals surface area contributed by atoms with Crippen molar-refractivity contribution in [2.24, 2.45) is 4.99 Å². The number of hydrogen-bond acceptors (Lipinski definition) is 5. The lowest BCUT2D eigenvalue weighted by Gasteiger charge is -2.27. The molecule has 0 amide bonds. The summed E-state index contributed by atoms with van der Waals surface area (Å²) in [5.74, 6) is 1.79. The monoisotopic (exact) mass is 354 g/mol. The molecular formula is C21H26N2O3. The number of rotatable bonds is 7. The molecule has 0 aromatic heterocycles. The molecule has 1 saturated heterocycles. The van der Waals surface area contributed by atoms with E-state index in [9.17, 15) is 5.11 Å². The standard InChI is InChI=1S/C21H26N2O3/c1-25-17-9-10-20(24)16(13-17)14-22-15-19(23-11-5-6-12-23)18-7-3-4-8-21(18)26-2/h3-4,7-10,13-14,19,24H,5-6,11-12,15H2,1-2H3/t19-/m1/s1. The van der Waals surface area contributed by atoms with Crippen molar-refractivity contribution in [2.45, 2.75) is 18.9 Å². The molecule has 1 atom stereocenters. The molecule has 1 heterocycles. The molecule has 1 fully saturated rings. The van der Waals surface area contributed by atoms with E-state index in [-0.39, 0.29) is 11.8 Å². The van der Waals surface area contributed by atoms with Gasteiger partial charge in [0, 0.05) is 17.3 Å². The van der Waals surface area contributed by atoms with Gasteiger partial charge >= 0.3 is 0 Å². The molecule has 5 nitrogen and oxygen atoms in total. The van der Waals surface area contributed by atoms with Crippen LogP contribution in [0, 0.1) is 0 Å². The number of nitrogens with zero attached hydrogens (tertiary/aromatic N) is 2. The number of phenolic OH excluding ortho intramolecular Hbond substituents is 1. The van der Waals surface area contributed by atoms with Crippen LogP contribution in [0.1, 0.15) is 30.0 Å². The van der Waals surface area contributed by atoms with Gasteiger partial charge in [-0.15, -0.1) is 0 Å². The maximum Gasteiger partial charge on any atom is 0.124 e. The number of phenols is 1. The Hall–Kier alpha value is -2.53. The summed E-state index contributed by atoms with van der Waals surface area (Å²) in [7, 11) is 3.32. The van der Waals surface area contributed by atoms with Gasteiger partial charge in [0.15, 0.2) is 0 Å². The van der Waals surface area contributed by atoms with E-state index in [4.69, 9.17) is 9.47 Å². The van der Waals surface area contributed by atoms with Gasteiger partial charge < -0.3 is 14.6 Å². The molecule has 2 aromatic rings. The van der Waals surface area contributed by atoms with E-state index in [2.05, 4.69) is 16.0 Å². The second-order valence-electron chi connectivity index (χ2n) is 6.42. The molecule has 0 unspecified atom stereocenters. The van der Waals surface area contributed by atoms with Crippen LogP contribution in [0.15, 0.2) is 47.5 Å². The Balaban J connectivity index is 1.82. The summed E-state index contributed by atoms with van der Waals surface area (Å²) in [5.41, 5.74) is 1.81. The van der Waals surface area contributed by atoms with Crippen LogP contribution in [0.25, 0.3) is 0 Å². The van der Waals surface area contributed by atoms with Gasteiger partial charge in [0.25, 0.3) is 0 Å². The van der Waals surface area contributed by atoms with E-state index < -0.39 is 0 Å². The van der Waals surface area contributed by atoms with Gasteiger partial charge in [0.2, 0.25) is 0 Å². The molecule has 1 aliphatic heterocycles. The first-order valence-electron chi connectivity index (χ1n) is 8.96. The lowest BCUT2D eigenvalue weighted by molar-refractivity contribution is 0.246. The molecule has 0 saturated carbocycles. The fourth-order valence-electron chi connectivity index (χ4n) is 3.42. The average Bonchev–Trinajstić information content (AvgIpc) is 3.21. The summed E-state index contributed by atoms with van der Waals surface area (Å²) in [4.78, 5) is 7.10. The van der Waals surface area contributed by atoms with Crippen molar-refractivity contribution >= 4 is 6.21 Å². The number of benzene rings is 2. The van der Waals surface area contributed by atoms with Crippen LogP contribution in [-0.2, 0) is 0 Å². The fourth-order valence-corrected chi connectivity index (χ4v) is 3.42. The van der Waals surface area contributed by atoms with Crippen LogP contribution >= 0.6 is 0 Å². The molecule has 0 radical (unpaired) electrons. The minimum Gasteiger partial charge on any atom is -0.507 e. The number of hydrogen-bond donors (Lipinski definition) is 1. The maximum absolute atomic E-state index is 10.0. The third-order valence-corrected chi connectivity index (χ3v) is 4.82. The number of para-hydroxylation sites is 1. The number of methoxy groups -OCH3 is 2. The Morgan fingerprint density at radius 1 is 1.12 bits per heavy atom. The summed E-state index contributed by atoms with van der Waals surface area (Å²) in [6, 6.07) is 13.4. The van der Waals surface area contributed by atoms with Gasteiger partial charge in [-0.2, -0.15) is 0 Å². The van der Waals surface area contributed by atoms with E-state index in [1.54, 1.807) is 38.6 Å². The molecule has 5 heteroatoms. The van der Waals surface area contributed by atoms with E-state index in [1.807, 2.05) is 18.2 Å². The van der Waals surface area contributed by atoms with Gasteiger partial charge in [-0.05, 0) is 50.2 Å². The highest BCUT2D eigenvalue weighted by molar-refractivity contribution is 5.84. The molecule has 3 rings (SSSR count). The molecule has 138 valence electrons. The third kappa shape index (κ3) is 4.17. The van der Waals surface area contributed by atoms with Gasteiger partial charge in [0.1, 0.15) is 17.2 Å². The summed E-state index contributed by atoms with van der Waals surface area (Å²) in [5, 5.41) is 10.0. The van der Waals surface area contributed by atoms with Crippen molar-refractivity contribution in [3.63, 3.8) is 0 Å². The van der Waals surface area contributed by atoms with E-state index in [0.717, 1.165) is 24.4 Å². The van der Waals surface area contributed by atoms with E-state index >= 15 is 0 Å². The van der Waals surface area contributed by atoms with Crippen LogP contribution < -0.4 is 9.47 Å². The quantitative estimate of drug-likeness (QED) is 0.771. The average molecular weight is 354 g/mol. The molecule has 0 bridgehead atoms. The first-order chi connectivity index (χ1) is 12.7. The van der Waals surface area contributed by atoms with Gasteiger partial charge in [-0.1, -0.05) is 18.2 Å². The maximum atomic E-state index is 10.0. The van der Waals surface area contributed by atoms with Gasteiger partial charge in [-0.3, -0.25) is 9.89 Å². The lowest BCUT2D eigenvalue weighted by atomic mass is 10.0. The molecule has 2 aromatic carbocycles. The molecular weight excluding hydrogens is 328 g/mol. The van der Waals surface area contributed by atoms with Crippen molar-refractivity contribution in [1.29, 1.82) is 0 Å². The van der Waals surface area contributed by atoms with Crippen molar-refractivity contribution in [2.75, 3.05) is 33.9 Å². The molecule has 0 spiro atoms. The highest BCUT2D eigenvalue weighted by Gasteiger charge is 2.25. The summed E-state index contributed by atoms with van der Waals surface area (Å²) >= 11 is 0. The number of ether oxygens (including phenoxy) is 2. The lowest BCUT2D eigenvalue weighted by Crippen LogP contribution is -2.28. The summed E-state index contributed by atoms with van der Waals surface area (Å²) < 4.78 is 10.8. The molecule has 1 aliphatic rings. The van der Waals surface area contributed by atoms with Crippen molar-refractivity contribution in [3.8, 4) is 17.2 Å². The Morgan fingerprint density at radius 3 is 2.62 bits per heavy atom. The van der Waals surface area contributed by atoms with Crippen LogP contribution in [0.3, 0.4) is 0 Å². The summed E-state index contributed by atoms with van der Waals surface area (Å²) in [6.45, 7) is 2.75. The highest BCUT2D eigenvalue weighted by atomic mass is 16.5. The zero-order chi connectivity index (χ0) is 18.4. The Morgan fingerprint density at radius 2 is 1.88 bits per heavy atom. The SMILES string of the molecule is COc1ccc(O)c(C=NC[C@H](c2ccccc2OC)N2CCCC2)c1. The predicted molar refractivity (Wildman–Crippen MR) is 104 cm³/mol. The summed E-state index contributed by atoms with van der Waals surface area (Å²) in [6.07, 6.45) is 4.15. The van der Waals surface area contributed by atoms with E-state index in [0.29, 0.717) is 17.9 Å².